The standard InChI is InChI=1S/C16H15F3N2O2/c17-16(18,19)10-2-1-3-12(8-10)21-14(22)13-9-4-6-11(7-5-9)20(13)15(21)23/h1-3,8-9,11,13H,4-7H2/t9?,11?,13-/m0/s1. The number of alkyl halides is 3. The third-order valence-corrected chi connectivity index (χ3v) is 5.20. The first-order valence-corrected chi connectivity index (χ1v) is 7.71. The molecule has 2 bridgehead atoms. The summed E-state index contributed by atoms with van der Waals surface area (Å²) in [5.41, 5.74) is -0.855. The largest absolute Gasteiger partial charge is 0.416 e. The molecule has 3 amide bonds. The van der Waals surface area contributed by atoms with Crippen molar-refractivity contribution in [2.75, 3.05) is 4.90 Å². The molecule has 0 N–H and O–H groups in total. The number of piperidine rings is 2. The van der Waals surface area contributed by atoms with Crippen LogP contribution in [0.4, 0.5) is 23.7 Å². The Morgan fingerprint density at radius 1 is 1.04 bits per heavy atom. The van der Waals surface area contributed by atoms with Gasteiger partial charge in [0.25, 0.3) is 5.91 Å². The fourth-order valence-corrected chi connectivity index (χ4v) is 4.15. The van der Waals surface area contributed by atoms with Crippen molar-refractivity contribution in [1.29, 1.82) is 0 Å². The number of nitrogens with zero attached hydrogens (tertiary/aromatic N) is 2. The minimum Gasteiger partial charge on any atom is -0.309 e. The molecule has 1 atom stereocenters. The quantitative estimate of drug-likeness (QED) is 0.743. The SMILES string of the molecule is O=C1[C@@H]2C3CCC(CC3)N2C(=O)N1c1cccc(C(F)(F)F)c1. The second-order valence-electron chi connectivity index (χ2n) is 6.43. The summed E-state index contributed by atoms with van der Waals surface area (Å²) in [4.78, 5) is 27.9. The van der Waals surface area contributed by atoms with E-state index in [1.165, 1.54) is 12.1 Å². The number of halogens is 3. The van der Waals surface area contributed by atoms with E-state index >= 15 is 0 Å². The zero-order valence-electron chi connectivity index (χ0n) is 12.2. The van der Waals surface area contributed by atoms with Crippen LogP contribution in [0.25, 0.3) is 0 Å². The zero-order valence-corrected chi connectivity index (χ0v) is 12.2. The summed E-state index contributed by atoms with van der Waals surface area (Å²) in [5.74, 6) is -0.254. The number of carbonyl (C=O) groups is 2. The number of benzene rings is 1. The van der Waals surface area contributed by atoms with Crippen LogP contribution in [0, 0.1) is 5.92 Å². The number of carbonyl (C=O) groups excluding carboxylic acids is 2. The molecule has 3 aliphatic heterocycles. The molecule has 0 radical (unpaired) electrons. The summed E-state index contributed by atoms with van der Waals surface area (Å²) >= 11 is 0. The minimum atomic E-state index is -4.51. The molecule has 1 saturated carbocycles. The van der Waals surface area contributed by atoms with Gasteiger partial charge in [-0.3, -0.25) is 4.79 Å². The lowest BCUT2D eigenvalue weighted by atomic mass is 9.75. The number of rotatable bonds is 1. The Morgan fingerprint density at radius 2 is 1.74 bits per heavy atom. The number of imide groups is 1. The monoisotopic (exact) mass is 324 g/mol. The number of fused-ring (bicyclic) bond motifs is 2. The molecule has 4 nitrogen and oxygen atoms in total. The molecule has 1 aromatic rings. The molecule has 0 unspecified atom stereocenters. The Bertz CT molecular complexity index is 650. The lowest BCUT2D eigenvalue weighted by molar-refractivity contribution is -0.137. The predicted octanol–water partition coefficient (Wildman–Crippen LogP) is 3.42. The zero-order chi connectivity index (χ0) is 16.4. The van der Waals surface area contributed by atoms with E-state index in [0.29, 0.717) is 0 Å². The van der Waals surface area contributed by atoms with Crippen LogP contribution in [-0.4, -0.2) is 28.9 Å². The van der Waals surface area contributed by atoms with Gasteiger partial charge in [0.1, 0.15) is 6.04 Å². The van der Waals surface area contributed by atoms with Gasteiger partial charge >= 0.3 is 12.2 Å². The van der Waals surface area contributed by atoms with Crippen molar-refractivity contribution in [3.05, 3.63) is 29.8 Å². The summed E-state index contributed by atoms with van der Waals surface area (Å²) in [6.07, 6.45) is -0.955. The van der Waals surface area contributed by atoms with Gasteiger partial charge in [0.2, 0.25) is 0 Å². The van der Waals surface area contributed by atoms with Crippen LogP contribution in [0.15, 0.2) is 24.3 Å². The van der Waals surface area contributed by atoms with Crippen LogP contribution >= 0.6 is 0 Å². The smallest absolute Gasteiger partial charge is 0.309 e. The van der Waals surface area contributed by atoms with Crippen LogP contribution in [0.2, 0.25) is 0 Å². The van der Waals surface area contributed by atoms with Crippen LogP contribution < -0.4 is 4.90 Å². The fourth-order valence-electron chi connectivity index (χ4n) is 4.15. The van der Waals surface area contributed by atoms with Crippen LogP contribution in [0.1, 0.15) is 31.2 Å². The maximum Gasteiger partial charge on any atom is 0.416 e. The Morgan fingerprint density at radius 3 is 2.35 bits per heavy atom. The Labute approximate surface area is 130 Å². The van der Waals surface area contributed by atoms with Gasteiger partial charge in [-0.25, -0.2) is 9.69 Å². The molecular formula is C16H15F3N2O2. The van der Waals surface area contributed by atoms with E-state index in [9.17, 15) is 22.8 Å². The van der Waals surface area contributed by atoms with Crippen LogP contribution in [0.3, 0.4) is 0 Å². The maximum absolute atomic E-state index is 12.9. The number of hydrogen-bond donors (Lipinski definition) is 0. The molecule has 1 aromatic carbocycles. The van der Waals surface area contributed by atoms with Gasteiger partial charge in [-0.2, -0.15) is 13.2 Å². The third kappa shape index (κ3) is 2.05. The first-order chi connectivity index (χ1) is 10.9. The molecule has 1 aliphatic carbocycles. The second-order valence-corrected chi connectivity index (χ2v) is 6.43. The van der Waals surface area contributed by atoms with Crippen molar-refractivity contribution >= 4 is 17.6 Å². The number of urea groups is 1. The normalized spacial score (nSPS) is 30.1. The average Bonchev–Trinajstić information content (AvgIpc) is 2.81. The van der Waals surface area contributed by atoms with Crippen LogP contribution in [-0.2, 0) is 11.0 Å². The van der Waals surface area contributed by atoms with Crippen molar-refractivity contribution in [3.63, 3.8) is 0 Å². The molecule has 3 saturated heterocycles. The molecule has 122 valence electrons. The van der Waals surface area contributed by atoms with Crippen molar-refractivity contribution in [2.45, 2.75) is 43.9 Å². The topological polar surface area (TPSA) is 40.6 Å². The van der Waals surface area contributed by atoms with Gasteiger partial charge in [0.15, 0.2) is 0 Å². The van der Waals surface area contributed by atoms with Gasteiger partial charge in [-0.1, -0.05) is 6.07 Å². The Hall–Kier alpha value is -2.05. The first-order valence-electron chi connectivity index (χ1n) is 7.71. The summed E-state index contributed by atoms with van der Waals surface area (Å²) in [6.45, 7) is 0. The summed E-state index contributed by atoms with van der Waals surface area (Å²) in [5, 5.41) is 0. The molecule has 4 fully saturated rings. The molecule has 0 spiro atoms. The predicted molar refractivity (Wildman–Crippen MR) is 75.7 cm³/mol. The molecular weight excluding hydrogens is 309 g/mol. The minimum absolute atomic E-state index is 0.00336. The van der Waals surface area contributed by atoms with E-state index in [0.717, 1.165) is 42.7 Å². The number of amides is 3. The van der Waals surface area contributed by atoms with Gasteiger partial charge in [-0.15, -0.1) is 0 Å². The highest BCUT2D eigenvalue weighted by Gasteiger charge is 2.56. The van der Waals surface area contributed by atoms with E-state index in [2.05, 4.69) is 0 Å². The summed E-state index contributed by atoms with van der Waals surface area (Å²) in [7, 11) is 0. The van der Waals surface area contributed by atoms with Crippen molar-refractivity contribution in [2.24, 2.45) is 5.92 Å². The Kier molecular flexibility index (Phi) is 2.98. The third-order valence-electron chi connectivity index (χ3n) is 5.20. The molecule has 7 heteroatoms. The number of hydrogen-bond acceptors (Lipinski definition) is 2. The van der Waals surface area contributed by atoms with Crippen molar-refractivity contribution < 1.29 is 22.8 Å². The van der Waals surface area contributed by atoms with E-state index in [1.54, 1.807) is 4.90 Å². The summed E-state index contributed by atoms with van der Waals surface area (Å²) < 4.78 is 38.6. The molecule has 23 heavy (non-hydrogen) atoms. The van der Waals surface area contributed by atoms with Gasteiger partial charge < -0.3 is 4.90 Å². The summed E-state index contributed by atoms with van der Waals surface area (Å²) in [6, 6.07) is 3.48. The maximum atomic E-state index is 12.9. The molecule has 5 rings (SSSR count). The highest BCUT2D eigenvalue weighted by Crippen LogP contribution is 2.45. The van der Waals surface area contributed by atoms with Gasteiger partial charge in [-0.05, 0) is 49.8 Å². The average molecular weight is 324 g/mol. The lowest BCUT2D eigenvalue weighted by Gasteiger charge is -2.45. The fraction of sp³-hybridized carbons (Fsp3) is 0.500. The number of anilines is 1. The highest BCUT2D eigenvalue weighted by atomic mass is 19.4. The van der Waals surface area contributed by atoms with E-state index in [4.69, 9.17) is 0 Å². The van der Waals surface area contributed by atoms with Crippen LogP contribution in [0.5, 0.6) is 0 Å². The van der Waals surface area contributed by atoms with E-state index < -0.39 is 23.8 Å². The highest BCUT2D eigenvalue weighted by molar-refractivity contribution is 6.21. The molecule has 3 heterocycles. The van der Waals surface area contributed by atoms with Crippen molar-refractivity contribution in [1.82, 2.24) is 4.90 Å². The Balaban J connectivity index is 1.73. The molecule has 0 aromatic heterocycles. The first kappa shape index (κ1) is 14.5. The van der Waals surface area contributed by atoms with E-state index in [1.807, 2.05) is 0 Å². The van der Waals surface area contributed by atoms with Crippen molar-refractivity contribution in [3.8, 4) is 0 Å². The molecule has 4 aliphatic rings. The second kappa shape index (κ2) is 4.72. The van der Waals surface area contributed by atoms with Gasteiger partial charge in [0, 0.05) is 6.04 Å². The lowest BCUT2D eigenvalue weighted by Crippen LogP contribution is -2.54. The van der Waals surface area contributed by atoms with Gasteiger partial charge in [0.05, 0.1) is 11.3 Å². The van der Waals surface area contributed by atoms with E-state index in [-0.39, 0.29) is 23.6 Å².